The first-order chi connectivity index (χ1) is 10.2. The number of ketones is 1. The summed E-state index contributed by atoms with van der Waals surface area (Å²) in [6.07, 6.45) is 0.299. The minimum atomic E-state index is 0.0570. The molecule has 3 rings (SSSR count). The highest BCUT2D eigenvalue weighted by atomic mass is 16.5. The molecule has 0 radical (unpaired) electrons. The predicted octanol–water partition coefficient (Wildman–Crippen LogP) is 3.01. The van der Waals surface area contributed by atoms with Gasteiger partial charge in [-0.15, -0.1) is 0 Å². The normalized spacial score (nSPS) is 10.8. The third-order valence-corrected chi connectivity index (χ3v) is 3.57. The lowest BCUT2D eigenvalue weighted by molar-refractivity contribution is 0.0992. The first kappa shape index (κ1) is 13.4. The molecule has 2 aromatic carbocycles. The van der Waals surface area contributed by atoms with Gasteiger partial charge in [0.05, 0.1) is 24.7 Å². The van der Waals surface area contributed by atoms with Gasteiger partial charge < -0.3 is 4.74 Å². The highest BCUT2D eigenvalue weighted by Crippen LogP contribution is 2.20. The zero-order valence-corrected chi connectivity index (χ0v) is 12.0. The minimum Gasteiger partial charge on any atom is -0.497 e. The Labute approximate surface area is 123 Å². The first-order valence-corrected chi connectivity index (χ1v) is 6.77. The van der Waals surface area contributed by atoms with Crippen LogP contribution < -0.4 is 4.74 Å². The number of fused-ring (bicyclic) bond motifs is 1. The van der Waals surface area contributed by atoms with Crippen LogP contribution in [0, 0.1) is 0 Å². The van der Waals surface area contributed by atoms with Gasteiger partial charge in [0.2, 0.25) is 0 Å². The van der Waals surface area contributed by atoms with E-state index in [4.69, 9.17) is 4.74 Å². The molecule has 0 fully saturated rings. The fourth-order valence-electron chi connectivity index (χ4n) is 2.45. The summed E-state index contributed by atoms with van der Waals surface area (Å²) >= 11 is 0. The van der Waals surface area contributed by atoms with E-state index in [1.807, 2.05) is 36.0 Å². The molecule has 3 aromatic rings. The molecule has 0 aliphatic rings. The van der Waals surface area contributed by atoms with Crippen molar-refractivity contribution in [3.63, 3.8) is 0 Å². The van der Waals surface area contributed by atoms with E-state index in [0.29, 0.717) is 12.0 Å². The SMILES string of the molecule is COc1ccc(C(=O)Cc2nn(C)c3ccccc23)cc1. The van der Waals surface area contributed by atoms with E-state index in [2.05, 4.69) is 5.10 Å². The molecule has 0 spiro atoms. The number of nitrogens with zero attached hydrogens (tertiary/aromatic N) is 2. The number of rotatable bonds is 4. The molecule has 106 valence electrons. The third kappa shape index (κ3) is 2.52. The zero-order valence-electron chi connectivity index (χ0n) is 12.0. The van der Waals surface area contributed by atoms with Crippen LogP contribution in [-0.4, -0.2) is 22.7 Å². The van der Waals surface area contributed by atoms with Gasteiger partial charge >= 0.3 is 0 Å². The number of carbonyl (C=O) groups excluding carboxylic acids is 1. The fourth-order valence-corrected chi connectivity index (χ4v) is 2.45. The van der Waals surface area contributed by atoms with Gasteiger partial charge in [0.1, 0.15) is 5.75 Å². The lowest BCUT2D eigenvalue weighted by Crippen LogP contribution is -2.05. The molecular formula is C17H16N2O2. The van der Waals surface area contributed by atoms with Crippen molar-refractivity contribution in [2.24, 2.45) is 7.05 Å². The highest BCUT2D eigenvalue weighted by molar-refractivity contribution is 5.99. The summed E-state index contributed by atoms with van der Waals surface area (Å²) in [6.45, 7) is 0. The molecule has 4 heteroatoms. The molecule has 4 nitrogen and oxygen atoms in total. The Hall–Kier alpha value is -2.62. The molecule has 0 aliphatic heterocycles. The Kier molecular flexibility index (Phi) is 3.44. The van der Waals surface area contributed by atoms with Crippen molar-refractivity contribution in [2.75, 3.05) is 7.11 Å². The molecule has 0 unspecified atom stereocenters. The summed E-state index contributed by atoms with van der Waals surface area (Å²) in [5.74, 6) is 0.802. The zero-order chi connectivity index (χ0) is 14.8. The average Bonchev–Trinajstić information content (AvgIpc) is 2.84. The van der Waals surface area contributed by atoms with Gasteiger partial charge in [-0.1, -0.05) is 18.2 Å². The van der Waals surface area contributed by atoms with E-state index in [0.717, 1.165) is 22.3 Å². The van der Waals surface area contributed by atoms with Crippen molar-refractivity contribution < 1.29 is 9.53 Å². The maximum Gasteiger partial charge on any atom is 0.168 e. The van der Waals surface area contributed by atoms with Gasteiger partial charge in [-0.2, -0.15) is 5.10 Å². The molecule has 0 saturated carbocycles. The fraction of sp³-hybridized carbons (Fsp3) is 0.176. The Balaban J connectivity index is 1.89. The van der Waals surface area contributed by atoms with Gasteiger partial charge in [-0.05, 0) is 30.3 Å². The number of para-hydroxylation sites is 1. The number of Topliss-reactive ketones (excluding diaryl/α,β-unsaturated/α-hetero) is 1. The van der Waals surface area contributed by atoms with Crippen LogP contribution in [0.1, 0.15) is 16.1 Å². The van der Waals surface area contributed by atoms with Crippen LogP contribution in [0.3, 0.4) is 0 Å². The van der Waals surface area contributed by atoms with Crippen LogP contribution in [0.4, 0.5) is 0 Å². The minimum absolute atomic E-state index is 0.0570. The van der Waals surface area contributed by atoms with E-state index in [1.165, 1.54) is 0 Å². The van der Waals surface area contributed by atoms with Crippen LogP contribution in [0.15, 0.2) is 48.5 Å². The number of benzene rings is 2. The lowest BCUT2D eigenvalue weighted by Gasteiger charge is -2.02. The second kappa shape index (κ2) is 5.40. The standard InChI is InChI=1S/C17H16N2O2/c1-19-16-6-4-3-5-14(16)15(18-19)11-17(20)12-7-9-13(21-2)10-8-12/h3-10H,11H2,1-2H3. The number of ether oxygens (including phenoxy) is 1. The number of methoxy groups -OCH3 is 1. The number of aromatic nitrogens is 2. The molecule has 0 amide bonds. The van der Waals surface area contributed by atoms with E-state index in [-0.39, 0.29) is 5.78 Å². The molecule has 0 atom stereocenters. The molecule has 0 saturated heterocycles. The van der Waals surface area contributed by atoms with Crippen LogP contribution in [0.25, 0.3) is 10.9 Å². The van der Waals surface area contributed by atoms with Crippen molar-refractivity contribution >= 4 is 16.7 Å². The molecule has 21 heavy (non-hydrogen) atoms. The van der Waals surface area contributed by atoms with Gasteiger partial charge in [0.25, 0.3) is 0 Å². The van der Waals surface area contributed by atoms with E-state index in [9.17, 15) is 4.79 Å². The molecular weight excluding hydrogens is 264 g/mol. The summed E-state index contributed by atoms with van der Waals surface area (Å²) < 4.78 is 6.91. The van der Waals surface area contributed by atoms with E-state index < -0.39 is 0 Å². The molecule has 0 aliphatic carbocycles. The summed E-state index contributed by atoms with van der Waals surface area (Å²) in [5, 5.41) is 5.49. The van der Waals surface area contributed by atoms with Crippen molar-refractivity contribution in [2.45, 2.75) is 6.42 Å². The summed E-state index contributed by atoms with van der Waals surface area (Å²) in [6, 6.07) is 15.1. The number of hydrogen-bond donors (Lipinski definition) is 0. The van der Waals surface area contributed by atoms with Gasteiger partial charge in [-0.25, -0.2) is 0 Å². The Bertz CT molecular complexity index is 788. The highest BCUT2D eigenvalue weighted by Gasteiger charge is 2.13. The second-order valence-electron chi connectivity index (χ2n) is 4.92. The van der Waals surface area contributed by atoms with Gasteiger partial charge in [0, 0.05) is 18.0 Å². The number of hydrogen-bond acceptors (Lipinski definition) is 3. The third-order valence-electron chi connectivity index (χ3n) is 3.57. The smallest absolute Gasteiger partial charge is 0.168 e. The van der Waals surface area contributed by atoms with Crippen LogP contribution in [0.2, 0.25) is 0 Å². The molecule has 0 N–H and O–H groups in total. The van der Waals surface area contributed by atoms with Crippen molar-refractivity contribution in [3.8, 4) is 5.75 Å². The maximum absolute atomic E-state index is 12.4. The molecule has 1 aromatic heterocycles. The summed E-state index contributed by atoms with van der Waals surface area (Å²) in [5.41, 5.74) is 2.52. The number of aryl methyl sites for hydroxylation is 1. The van der Waals surface area contributed by atoms with Crippen molar-refractivity contribution in [1.82, 2.24) is 9.78 Å². The topological polar surface area (TPSA) is 44.1 Å². The van der Waals surface area contributed by atoms with E-state index >= 15 is 0 Å². The van der Waals surface area contributed by atoms with Crippen molar-refractivity contribution in [3.05, 3.63) is 59.8 Å². The van der Waals surface area contributed by atoms with Crippen LogP contribution >= 0.6 is 0 Å². The summed E-state index contributed by atoms with van der Waals surface area (Å²) in [4.78, 5) is 12.4. The van der Waals surface area contributed by atoms with Gasteiger partial charge in [-0.3, -0.25) is 9.48 Å². The first-order valence-electron chi connectivity index (χ1n) is 6.77. The lowest BCUT2D eigenvalue weighted by atomic mass is 10.0. The van der Waals surface area contributed by atoms with Crippen molar-refractivity contribution in [1.29, 1.82) is 0 Å². The second-order valence-corrected chi connectivity index (χ2v) is 4.92. The van der Waals surface area contributed by atoms with Gasteiger partial charge in [0.15, 0.2) is 5.78 Å². The molecule has 0 bridgehead atoms. The Morgan fingerprint density at radius 2 is 1.86 bits per heavy atom. The average molecular weight is 280 g/mol. The monoisotopic (exact) mass is 280 g/mol. The Morgan fingerprint density at radius 3 is 2.57 bits per heavy atom. The number of carbonyl (C=O) groups is 1. The Morgan fingerprint density at radius 1 is 1.14 bits per heavy atom. The van der Waals surface area contributed by atoms with Crippen LogP contribution in [0.5, 0.6) is 5.75 Å². The van der Waals surface area contributed by atoms with E-state index in [1.54, 1.807) is 31.4 Å². The quantitative estimate of drug-likeness (QED) is 0.690. The molecule has 1 heterocycles. The largest absolute Gasteiger partial charge is 0.497 e. The van der Waals surface area contributed by atoms with Crippen LogP contribution in [-0.2, 0) is 13.5 Å². The maximum atomic E-state index is 12.4. The predicted molar refractivity (Wildman–Crippen MR) is 81.7 cm³/mol. The summed E-state index contributed by atoms with van der Waals surface area (Å²) in [7, 11) is 3.50.